The molecular weight excluding hydrogens is 240 g/mol. The van der Waals surface area contributed by atoms with Crippen molar-refractivity contribution in [2.45, 2.75) is 49.3 Å². The summed E-state index contributed by atoms with van der Waals surface area (Å²) >= 11 is 1.71. The lowest BCUT2D eigenvalue weighted by Gasteiger charge is -2.48. The smallest absolute Gasteiger partial charge is 0.405 e. The molecule has 0 unspecified atom stereocenters. The summed E-state index contributed by atoms with van der Waals surface area (Å²) in [6, 6.07) is -0.639. The monoisotopic (exact) mass is 258 g/mol. The van der Waals surface area contributed by atoms with Gasteiger partial charge in [0, 0.05) is 11.3 Å². The van der Waals surface area contributed by atoms with Crippen molar-refractivity contribution in [3.63, 3.8) is 0 Å². The van der Waals surface area contributed by atoms with Crippen molar-refractivity contribution >= 4 is 23.8 Å². The lowest BCUT2D eigenvalue weighted by Crippen LogP contribution is -2.64. The Morgan fingerprint density at radius 1 is 1.53 bits per heavy atom. The van der Waals surface area contributed by atoms with Gasteiger partial charge in [-0.2, -0.15) is 0 Å². The van der Waals surface area contributed by atoms with E-state index in [0.29, 0.717) is 0 Å². The lowest BCUT2D eigenvalue weighted by atomic mass is 9.99. The Balaban J connectivity index is 2.20. The fraction of sp³-hybridized carbons (Fsp3) is 0.818. The van der Waals surface area contributed by atoms with Gasteiger partial charge in [0.2, 0.25) is 5.91 Å². The number of carbonyl (C=O) groups is 2. The van der Waals surface area contributed by atoms with Crippen LogP contribution < -0.4 is 5.32 Å². The molecule has 2 heterocycles. The quantitative estimate of drug-likeness (QED) is 0.747. The Labute approximate surface area is 105 Å². The van der Waals surface area contributed by atoms with Crippen LogP contribution >= 0.6 is 11.8 Å². The van der Waals surface area contributed by atoms with Crippen LogP contribution in [0.4, 0.5) is 4.79 Å². The maximum absolute atomic E-state index is 12.3. The maximum Gasteiger partial charge on any atom is 0.405 e. The largest absolute Gasteiger partial charge is 0.465 e. The summed E-state index contributed by atoms with van der Waals surface area (Å²) in [6.45, 7) is 4.62. The predicted molar refractivity (Wildman–Crippen MR) is 66.0 cm³/mol. The minimum atomic E-state index is -1.13. The minimum absolute atomic E-state index is 0.0687. The summed E-state index contributed by atoms with van der Waals surface area (Å²) in [5.41, 5.74) is 0. The molecule has 96 valence electrons. The van der Waals surface area contributed by atoms with E-state index in [1.54, 1.807) is 11.8 Å². The highest BCUT2D eigenvalue weighted by molar-refractivity contribution is 8.01. The highest BCUT2D eigenvalue weighted by Gasteiger charge is 2.48. The number of hydrogen-bond donors (Lipinski definition) is 2. The van der Waals surface area contributed by atoms with E-state index >= 15 is 0 Å². The van der Waals surface area contributed by atoms with Crippen molar-refractivity contribution in [1.82, 2.24) is 10.2 Å². The van der Waals surface area contributed by atoms with Gasteiger partial charge in [-0.15, -0.1) is 11.8 Å². The summed E-state index contributed by atoms with van der Waals surface area (Å²) < 4.78 is -0.381. The zero-order chi connectivity index (χ0) is 12.6. The average molecular weight is 258 g/mol. The molecule has 0 spiro atoms. The molecule has 0 bridgehead atoms. The summed E-state index contributed by atoms with van der Waals surface area (Å²) in [5, 5.41) is 11.4. The summed E-state index contributed by atoms with van der Waals surface area (Å²) in [6.07, 6.45) is 2.05. The first-order valence-electron chi connectivity index (χ1n) is 5.89. The molecule has 0 aromatic rings. The molecule has 2 N–H and O–H groups in total. The van der Waals surface area contributed by atoms with E-state index in [2.05, 4.69) is 5.32 Å². The van der Waals surface area contributed by atoms with Crippen molar-refractivity contribution < 1.29 is 14.7 Å². The van der Waals surface area contributed by atoms with Crippen molar-refractivity contribution in [3.05, 3.63) is 0 Å². The van der Waals surface area contributed by atoms with E-state index < -0.39 is 12.1 Å². The van der Waals surface area contributed by atoms with Crippen LogP contribution in [0.25, 0.3) is 0 Å². The zero-order valence-corrected chi connectivity index (χ0v) is 10.9. The van der Waals surface area contributed by atoms with Gasteiger partial charge in [-0.05, 0) is 33.1 Å². The van der Waals surface area contributed by atoms with Crippen molar-refractivity contribution in [1.29, 1.82) is 0 Å². The third kappa shape index (κ3) is 2.36. The van der Waals surface area contributed by atoms with E-state index in [-0.39, 0.29) is 16.0 Å². The normalized spacial score (nSPS) is 31.9. The Morgan fingerprint density at radius 2 is 2.24 bits per heavy atom. The van der Waals surface area contributed by atoms with Crippen LogP contribution in [0.5, 0.6) is 0 Å². The molecule has 2 aliphatic heterocycles. The second-order valence-electron chi connectivity index (χ2n) is 5.09. The number of carbonyl (C=O) groups excluding carboxylic acids is 1. The second-order valence-corrected chi connectivity index (χ2v) is 6.92. The van der Waals surface area contributed by atoms with Crippen LogP contribution in [0.2, 0.25) is 0 Å². The predicted octanol–water partition coefficient (Wildman–Crippen LogP) is 1.49. The summed E-state index contributed by atoms with van der Waals surface area (Å²) in [5.74, 6) is -0.0687. The molecule has 0 aromatic heterocycles. The van der Waals surface area contributed by atoms with E-state index in [0.717, 1.165) is 25.8 Å². The molecule has 5 nitrogen and oxygen atoms in total. The van der Waals surface area contributed by atoms with E-state index in [1.165, 1.54) is 0 Å². The third-order valence-electron chi connectivity index (χ3n) is 3.38. The second kappa shape index (κ2) is 4.40. The van der Waals surface area contributed by atoms with Gasteiger partial charge in [-0.25, -0.2) is 4.79 Å². The first kappa shape index (κ1) is 12.5. The zero-order valence-electron chi connectivity index (χ0n) is 10.1. The Morgan fingerprint density at radius 3 is 2.88 bits per heavy atom. The molecule has 2 aliphatic rings. The number of hydrogen-bond acceptors (Lipinski definition) is 3. The molecule has 0 radical (unpaired) electrons. The molecule has 0 aromatic carbocycles. The molecule has 0 saturated carbocycles. The standard InChI is InChI=1S/C11H18N2O3S/c1-11(2)8(12-10(15)16)9(14)13-6-4-3-5-7(13)17-11/h7-8,12H,3-6H2,1-2H3,(H,15,16)/t7-,8+/m0/s1. The number of thioether (sulfide) groups is 1. The molecule has 2 amide bonds. The van der Waals surface area contributed by atoms with Gasteiger partial charge in [0.15, 0.2) is 0 Å². The molecule has 6 heteroatoms. The highest BCUT2D eigenvalue weighted by Crippen LogP contribution is 2.42. The highest BCUT2D eigenvalue weighted by atomic mass is 32.2. The van der Waals surface area contributed by atoms with Gasteiger partial charge >= 0.3 is 6.09 Å². The average Bonchev–Trinajstić information content (AvgIpc) is 2.23. The summed E-state index contributed by atoms with van der Waals surface area (Å²) in [4.78, 5) is 24.9. The third-order valence-corrected chi connectivity index (χ3v) is 4.99. The van der Waals surface area contributed by atoms with Gasteiger partial charge < -0.3 is 15.3 Å². The van der Waals surface area contributed by atoms with Crippen LogP contribution in [0.1, 0.15) is 33.1 Å². The Bertz CT molecular complexity index is 346. The van der Waals surface area contributed by atoms with Crippen LogP contribution in [0, 0.1) is 0 Å². The first-order valence-corrected chi connectivity index (χ1v) is 6.77. The summed E-state index contributed by atoms with van der Waals surface area (Å²) in [7, 11) is 0. The fourth-order valence-electron chi connectivity index (χ4n) is 2.52. The number of piperidine rings is 1. The number of rotatable bonds is 1. The Kier molecular flexibility index (Phi) is 3.25. The number of amides is 2. The fourth-order valence-corrected chi connectivity index (χ4v) is 4.13. The van der Waals surface area contributed by atoms with E-state index in [4.69, 9.17) is 5.11 Å². The van der Waals surface area contributed by atoms with Crippen LogP contribution in [-0.4, -0.2) is 44.7 Å². The van der Waals surface area contributed by atoms with Gasteiger partial charge in [0.1, 0.15) is 6.04 Å². The molecule has 0 aliphatic carbocycles. The van der Waals surface area contributed by atoms with Gasteiger partial charge in [-0.3, -0.25) is 4.79 Å². The number of nitrogens with one attached hydrogen (secondary N) is 1. The first-order chi connectivity index (χ1) is 7.92. The minimum Gasteiger partial charge on any atom is -0.465 e. The molecule has 2 fully saturated rings. The molecule has 2 atom stereocenters. The molecule has 2 saturated heterocycles. The van der Waals surface area contributed by atoms with E-state index in [1.807, 2.05) is 18.7 Å². The molecule has 2 rings (SSSR count). The van der Waals surface area contributed by atoms with E-state index in [9.17, 15) is 9.59 Å². The van der Waals surface area contributed by atoms with Crippen LogP contribution in [0.3, 0.4) is 0 Å². The number of fused-ring (bicyclic) bond motifs is 1. The number of nitrogens with zero attached hydrogens (tertiary/aromatic N) is 1. The van der Waals surface area contributed by atoms with Crippen molar-refractivity contribution in [2.24, 2.45) is 0 Å². The molecule has 17 heavy (non-hydrogen) atoms. The molecular formula is C11H18N2O3S. The van der Waals surface area contributed by atoms with Crippen LogP contribution in [0.15, 0.2) is 0 Å². The Hall–Kier alpha value is -0.910. The van der Waals surface area contributed by atoms with Crippen LogP contribution in [-0.2, 0) is 4.79 Å². The van der Waals surface area contributed by atoms with Gasteiger partial charge in [0.25, 0.3) is 0 Å². The van der Waals surface area contributed by atoms with Crippen molar-refractivity contribution in [3.8, 4) is 0 Å². The topological polar surface area (TPSA) is 69.6 Å². The maximum atomic E-state index is 12.3. The SMILES string of the molecule is CC1(C)S[C@H]2CCCCN2C(=O)[C@H]1NC(=O)O. The number of carboxylic acid groups (broad SMARTS) is 1. The lowest BCUT2D eigenvalue weighted by molar-refractivity contribution is -0.136. The van der Waals surface area contributed by atoms with Gasteiger partial charge in [0.05, 0.1) is 5.37 Å². The van der Waals surface area contributed by atoms with Gasteiger partial charge in [-0.1, -0.05) is 0 Å². The van der Waals surface area contributed by atoms with Crippen molar-refractivity contribution in [2.75, 3.05) is 6.54 Å².